The summed E-state index contributed by atoms with van der Waals surface area (Å²) in [6.45, 7) is 6.61. The molecular formula is C22H33N3O3. The van der Waals surface area contributed by atoms with Crippen LogP contribution in [0.5, 0.6) is 5.75 Å². The molecule has 1 fully saturated rings. The van der Waals surface area contributed by atoms with E-state index in [1.54, 1.807) is 4.40 Å². The highest BCUT2D eigenvalue weighted by atomic mass is 16.5. The van der Waals surface area contributed by atoms with Crippen molar-refractivity contribution in [2.45, 2.75) is 65.3 Å². The van der Waals surface area contributed by atoms with Gasteiger partial charge in [-0.2, -0.15) is 0 Å². The fourth-order valence-electron chi connectivity index (χ4n) is 4.11. The first-order valence-electron chi connectivity index (χ1n) is 10.5. The van der Waals surface area contributed by atoms with Crippen LogP contribution in [-0.2, 0) is 0 Å². The number of hydrogen-bond acceptors (Lipinski definition) is 4. The van der Waals surface area contributed by atoms with Gasteiger partial charge < -0.3 is 15.2 Å². The number of aryl methyl sites for hydroxylation is 1. The highest BCUT2D eigenvalue weighted by Crippen LogP contribution is 2.27. The second kappa shape index (κ2) is 9.41. The van der Waals surface area contributed by atoms with Crippen LogP contribution < -0.4 is 10.1 Å². The molecule has 1 atom stereocenters. The van der Waals surface area contributed by atoms with Crippen molar-refractivity contribution >= 4 is 11.6 Å². The standard InChI is InChI=1S/C22H33N3O3/c1-15(2)12-18(13-26)24-22(27)20-16(3)23-21-19(10-7-11-25(20)21)28-14-17-8-5-4-6-9-17/h7,10-11,15,17-18,26H,4-6,8-9,12-14H2,1-3H3,(H,24,27)/t18-/m0/s1. The average molecular weight is 388 g/mol. The third kappa shape index (κ3) is 4.85. The molecule has 0 radical (unpaired) electrons. The number of nitrogens with zero attached hydrogens (tertiary/aromatic N) is 2. The van der Waals surface area contributed by atoms with Crippen LogP contribution in [0.4, 0.5) is 0 Å². The molecule has 2 aromatic heterocycles. The number of amides is 1. The fourth-order valence-corrected chi connectivity index (χ4v) is 4.11. The molecule has 2 heterocycles. The SMILES string of the molecule is Cc1nc2c(OCC3CCCCC3)cccn2c1C(=O)N[C@H](CO)CC(C)C. The third-order valence-electron chi connectivity index (χ3n) is 5.51. The molecule has 6 heteroatoms. The summed E-state index contributed by atoms with van der Waals surface area (Å²) in [5, 5.41) is 12.5. The molecule has 0 unspecified atom stereocenters. The fraction of sp³-hybridized carbons (Fsp3) is 0.636. The number of aliphatic hydroxyl groups is 1. The number of hydrogen-bond donors (Lipinski definition) is 2. The van der Waals surface area contributed by atoms with Gasteiger partial charge in [0, 0.05) is 6.20 Å². The maximum atomic E-state index is 12.9. The van der Waals surface area contributed by atoms with Crippen molar-refractivity contribution in [3.05, 3.63) is 29.7 Å². The predicted molar refractivity (Wildman–Crippen MR) is 110 cm³/mol. The smallest absolute Gasteiger partial charge is 0.270 e. The van der Waals surface area contributed by atoms with Crippen LogP contribution in [0, 0.1) is 18.8 Å². The molecule has 0 bridgehead atoms. The molecule has 2 aromatic rings. The van der Waals surface area contributed by atoms with Gasteiger partial charge in [-0.05, 0) is 50.2 Å². The van der Waals surface area contributed by atoms with Gasteiger partial charge in [-0.25, -0.2) is 4.98 Å². The van der Waals surface area contributed by atoms with Gasteiger partial charge in [0.2, 0.25) is 0 Å². The summed E-state index contributed by atoms with van der Waals surface area (Å²) in [4.78, 5) is 17.5. The van der Waals surface area contributed by atoms with Crippen molar-refractivity contribution in [3.8, 4) is 5.75 Å². The Labute approximate surface area is 167 Å². The zero-order valence-corrected chi connectivity index (χ0v) is 17.3. The minimum Gasteiger partial charge on any atom is -0.489 e. The van der Waals surface area contributed by atoms with Crippen molar-refractivity contribution in [2.75, 3.05) is 13.2 Å². The van der Waals surface area contributed by atoms with Crippen molar-refractivity contribution < 1.29 is 14.6 Å². The molecule has 0 saturated heterocycles. The lowest BCUT2D eigenvalue weighted by atomic mass is 9.90. The predicted octanol–water partition coefficient (Wildman–Crippen LogP) is 3.74. The van der Waals surface area contributed by atoms with E-state index in [1.165, 1.54) is 32.1 Å². The molecule has 0 aromatic carbocycles. The molecule has 1 aliphatic rings. The quantitative estimate of drug-likeness (QED) is 0.723. The van der Waals surface area contributed by atoms with Gasteiger partial charge >= 0.3 is 0 Å². The van der Waals surface area contributed by atoms with Gasteiger partial charge in [0.15, 0.2) is 11.4 Å². The topological polar surface area (TPSA) is 75.9 Å². The molecule has 1 saturated carbocycles. The summed E-state index contributed by atoms with van der Waals surface area (Å²) in [6.07, 6.45) is 8.92. The highest BCUT2D eigenvalue weighted by molar-refractivity contribution is 5.95. The molecule has 1 amide bonds. The van der Waals surface area contributed by atoms with Gasteiger partial charge in [0.05, 0.1) is 24.9 Å². The van der Waals surface area contributed by atoms with Crippen molar-refractivity contribution in [1.29, 1.82) is 0 Å². The summed E-state index contributed by atoms with van der Waals surface area (Å²) in [7, 11) is 0. The number of aliphatic hydroxyl groups excluding tert-OH is 1. The molecule has 0 aliphatic heterocycles. The van der Waals surface area contributed by atoms with E-state index in [2.05, 4.69) is 24.1 Å². The Morgan fingerprint density at radius 1 is 1.36 bits per heavy atom. The Morgan fingerprint density at radius 3 is 2.79 bits per heavy atom. The largest absolute Gasteiger partial charge is 0.489 e. The first kappa shape index (κ1) is 20.6. The Kier molecular flexibility index (Phi) is 6.94. The van der Waals surface area contributed by atoms with Gasteiger partial charge in [0.1, 0.15) is 5.69 Å². The summed E-state index contributed by atoms with van der Waals surface area (Å²) < 4.78 is 7.90. The maximum absolute atomic E-state index is 12.9. The first-order valence-corrected chi connectivity index (χ1v) is 10.5. The van der Waals surface area contributed by atoms with Crippen molar-refractivity contribution in [3.63, 3.8) is 0 Å². The van der Waals surface area contributed by atoms with Crippen LogP contribution in [0.3, 0.4) is 0 Å². The lowest BCUT2D eigenvalue weighted by molar-refractivity contribution is 0.0901. The van der Waals surface area contributed by atoms with E-state index in [4.69, 9.17) is 4.74 Å². The maximum Gasteiger partial charge on any atom is 0.270 e. The average Bonchev–Trinajstić information content (AvgIpc) is 3.02. The molecule has 0 spiro atoms. The number of nitrogens with one attached hydrogen (secondary N) is 1. The van der Waals surface area contributed by atoms with E-state index in [9.17, 15) is 9.90 Å². The minimum absolute atomic E-state index is 0.0740. The number of carbonyl (C=O) groups excluding carboxylic acids is 1. The molecule has 1 aliphatic carbocycles. The Hall–Kier alpha value is -2.08. The van der Waals surface area contributed by atoms with Gasteiger partial charge in [0.25, 0.3) is 5.91 Å². The highest BCUT2D eigenvalue weighted by Gasteiger charge is 2.22. The minimum atomic E-state index is -0.261. The molecule has 3 rings (SSSR count). The van der Waals surface area contributed by atoms with Gasteiger partial charge in [-0.1, -0.05) is 33.1 Å². The molecule has 154 valence electrons. The summed E-state index contributed by atoms with van der Waals surface area (Å²) in [6, 6.07) is 3.54. The summed E-state index contributed by atoms with van der Waals surface area (Å²) in [5.74, 6) is 1.50. The monoisotopic (exact) mass is 387 g/mol. The van der Waals surface area contributed by atoms with E-state index in [0.717, 1.165) is 12.2 Å². The second-order valence-electron chi connectivity index (χ2n) is 8.41. The Balaban J connectivity index is 1.78. The number of pyridine rings is 1. The van der Waals surface area contributed by atoms with E-state index in [0.29, 0.717) is 35.5 Å². The van der Waals surface area contributed by atoms with E-state index < -0.39 is 0 Å². The van der Waals surface area contributed by atoms with Crippen LogP contribution >= 0.6 is 0 Å². The molecule has 6 nitrogen and oxygen atoms in total. The van der Waals surface area contributed by atoms with Gasteiger partial charge in [-0.15, -0.1) is 0 Å². The molecular weight excluding hydrogens is 354 g/mol. The van der Waals surface area contributed by atoms with Gasteiger partial charge in [-0.3, -0.25) is 9.20 Å². The van der Waals surface area contributed by atoms with Crippen LogP contribution in [0.25, 0.3) is 5.65 Å². The zero-order chi connectivity index (χ0) is 20.1. The van der Waals surface area contributed by atoms with Crippen molar-refractivity contribution in [1.82, 2.24) is 14.7 Å². The number of fused-ring (bicyclic) bond motifs is 1. The van der Waals surface area contributed by atoms with Crippen LogP contribution in [0.2, 0.25) is 0 Å². The summed E-state index contributed by atoms with van der Waals surface area (Å²) >= 11 is 0. The zero-order valence-electron chi connectivity index (χ0n) is 17.3. The lowest BCUT2D eigenvalue weighted by Crippen LogP contribution is -2.39. The van der Waals surface area contributed by atoms with Crippen LogP contribution in [-0.4, -0.2) is 39.7 Å². The second-order valence-corrected chi connectivity index (χ2v) is 8.41. The van der Waals surface area contributed by atoms with E-state index in [-0.39, 0.29) is 18.6 Å². The number of ether oxygens (including phenoxy) is 1. The number of carbonyl (C=O) groups is 1. The lowest BCUT2D eigenvalue weighted by Gasteiger charge is -2.21. The Morgan fingerprint density at radius 2 is 2.11 bits per heavy atom. The Bertz CT molecular complexity index is 794. The van der Waals surface area contributed by atoms with E-state index >= 15 is 0 Å². The van der Waals surface area contributed by atoms with E-state index in [1.807, 2.05) is 25.3 Å². The summed E-state index contributed by atoms with van der Waals surface area (Å²) in [5.41, 5.74) is 1.83. The number of aromatic nitrogens is 2. The third-order valence-corrected chi connectivity index (χ3v) is 5.51. The number of rotatable bonds is 8. The normalized spacial score (nSPS) is 16.5. The van der Waals surface area contributed by atoms with Crippen LogP contribution in [0.15, 0.2) is 18.3 Å². The van der Waals surface area contributed by atoms with Crippen LogP contribution in [0.1, 0.15) is 68.6 Å². The molecule has 28 heavy (non-hydrogen) atoms. The molecule has 2 N–H and O–H groups in total. The first-order chi connectivity index (χ1) is 13.5. The number of imidazole rings is 1. The van der Waals surface area contributed by atoms with Crippen molar-refractivity contribution in [2.24, 2.45) is 11.8 Å².